The lowest BCUT2D eigenvalue weighted by atomic mass is 10.1. The van der Waals surface area contributed by atoms with Crippen LogP contribution in [-0.2, 0) is 4.79 Å². The van der Waals surface area contributed by atoms with Gasteiger partial charge < -0.3 is 10.4 Å². The fourth-order valence-electron chi connectivity index (χ4n) is 2.37. The first-order valence-corrected chi connectivity index (χ1v) is 6.99. The van der Waals surface area contributed by atoms with E-state index in [-0.39, 0.29) is 11.1 Å². The number of carbonyl (C=O) groups is 2. The van der Waals surface area contributed by atoms with E-state index in [1.54, 1.807) is 0 Å². The van der Waals surface area contributed by atoms with Crippen LogP contribution in [0.4, 0.5) is 13.2 Å². The summed E-state index contributed by atoms with van der Waals surface area (Å²) < 4.78 is 40.2. The number of amides is 1. The fourth-order valence-corrected chi connectivity index (χ4v) is 2.37. The molecule has 1 amide bonds. The lowest BCUT2D eigenvalue weighted by molar-refractivity contribution is -0.139. The predicted molar refractivity (Wildman–Crippen MR) is 80.3 cm³/mol. The van der Waals surface area contributed by atoms with Crippen LogP contribution in [0.3, 0.4) is 0 Å². The van der Waals surface area contributed by atoms with Crippen molar-refractivity contribution in [3.63, 3.8) is 0 Å². The standard InChI is InChI=1S/C16H10F3N3O3/c17-7-2-4-12-10(5-7)13(22-21-12)15(23)20-14(16(24)25)9-3-1-8(18)6-11(9)19/h1-6,14H,(H,20,23)(H,21,22)(H,24,25). The van der Waals surface area contributed by atoms with E-state index in [9.17, 15) is 27.9 Å². The van der Waals surface area contributed by atoms with Crippen molar-refractivity contribution in [2.24, 2.45) is 0 Å². The fraction of sp³-hybridized carbons (Fsp3) is 0.0625. The minimum absolute atomic E-state index is 0.140. The Hall–Kier alpha value is -3.36. The molecule has 9 heteroatoms. The van der Waals surface area contributed by atoms with Crippen LogP contribution in [0.5, 0.6) is 0 Å². The summed E-state index contributed by atoms with van der Waals surface area (Å²) in [6.45, 7) is 0. The smallest absolute Gasteiger partial charge is 0.331 e. The number of aromatic amines is 1. The monoisotopic (exact) mass is 349 g/mol. The third kappa shape index (κ3) is 3.16. The van der Waals surface area contributed by atoms with E-state index in [4.69, 9.17) is 0 Å². The molecule has 0 aliphatic heterocycles. The first-order valence-electron chi connectivity index (χ1n) is 6.99. The van der Waals surface area contributed by atoms with Crippen molar-refractivity contribution in [2.45, 2.75) is 6.04 Å². The number of benzene rings is 2. The largest absolute Gasteiger partial charge is 0.479 e. The first kappa shape index (κ1) is 16.5. The van der Waals surface area contributed by atoms with E-state index in [1.807, 2.05) is 0 Å². The highest BCUT2D eigenvalue weighted by Gasteiger charge is 2.27. The Labute approximate surface area is 138 Å². The van der Waals surface area contributed by atoms with E-state index in [1.165, 1.54) is 6.07 Å². The van der Waals surface area contributed by atoms with Crippen molar-refractivity contribution < 1.29 is 27.9 Å². The Kier molecular flexibility index (Phi) is 4.14. The number of fused-ring (bicyclic) bond motifs is 1. The van der Waals surface area contributed by atoms with Crippen LogP contribution in [-0.4, -0.2) is 27.2 Å². The SMILES string of the molecule is O=C(NC(C(=O)O)c1ccc(F)cc1F)c1n[nH]c2ccc(F)cc12. The second kappa shape index (κ2) is 6.27. The number of aromatic nitrogens is 2. The molecule has 1 unspecified atom stereocenters. The van der Waals surface area contributed by atoms with Crippen LogP contribution in [0.25, 0.3) is 10.9 Å². The lowest BCUT2D eigenvalue weighted by Crippen LogP contribution is -2.34. The number of aliphatic carboxylic acids is 1. The van der Waals surface area contributed by atoms with Gasteiger partial charge in [0, 0.05) is 17.0 Å². The molecular weight excluding hydrogens is 339 g/mol. The molecule has 128 valence electrons. The topological polar surface area (TPSA) is 95.1 Å². The number of halogens is 3. The summed E-state index contributed by atoms with van der Waals surface area (Å²) in [5.74, 6) is -5.11. The van der Waals surface area contributed by atoms with E-state index in [2.05, 4.69) is 15.5 Å². The van der Waals surface area contributed by atoms with Crippen LogP contribution >= 0.6 is 0 Å². The molecule has 3 N–H and O–H groups in total. The second-order valence-electron chi connectivity index (χ2n) is 5.17. The number of hydrogen-bond acceptors (Lipinski definition) is 3. The Balaban J connectivity index is 1.95. The van der Waals surface area contributed by atoms with Gasteiger partial charge in [-0.25, -0.2) is 18.0 Å². The van der Waals surface area contributed by atoms with Gasteiger partial charge >= 0.3 is 5.97 Å². The molecule has 3 aromatic rings. The maximum atomic E-state index is 13.8. The van der Waals surface area contributed by atoms with Gasteiger partial charge in [0.05, 0.1) is 5.52 Å². The van der Waals surface area contributed by atoms with Crippen molar-refractivity contribution in [1.82, 2.24) is 15.5 Å². The van der Waals surface area contributed by atoms with Gasteiger partial charge in [-0.1, -0.05) is 6.07 Å². The summed E-state index contributed by atoms with van der Waals surface area (Å²) >= 11 is 0. The summed E-state index contributed by atoms with van der Waals surface area (Å²) in [6, 6.07) is 4.12. The first-order chi connectivity index (χ1) is 11.9. The zero-order valence-corrected chi connectivity index (χ0v) is 12.4. The van der Waals surface area contributed by atoms with Crippen LogP contribution in [0.2, 0.25) is 0 Å². The highest BCUT2D eigenvalue weighted by atomic mass is 19.1. The molecule has 1 heterocycles. The molecule has 0 saturated heterocycles. The van der Waals surface area contributed by atoms with Crippen molar-refractivity contribution in [3.8, 4) is 0 Å². The predicted octanol–water partition coefficient (Wildman–Crippen LogP) is 2.54. The van der Waals surface area contributed by atoms with Gasteiger partial charge in [-0.3, -0.25) is 9.89 Å². The van der Waals surface area contributed by atoms with Crippen molar-refractivity contribution >= 4 is 22.8 Å². The van der Waals surface area contributed by atoms with Gasteiger partial charge in [-0.05, 0) is 24.3 Å². The second-order valence-corrected chi connectivity index (χ2v) is 5.17. The molecule has 3 rings (SSSR count). The van der Waals surface area contributed by atoms with Gasteiger partial charge in [-0.2, -0.15) is 5.10 Å². The minimum Gasteiger partial charge on any atom is -0.479 e. The van der Waals surface area contributed by atoms with E-state index in [0.717, 1.165) is 24.3 Å². The molecule has 0 bridgehead atoms. The number of carboxylic acid groups (broad SMARTS) is 1. The average molecular weight is 349 g/mol. The molecule has 1 aromatic heterocycles. The summed E-state index contributed by atoms with van der Waals surface area (Å²) in [4.78, 5) is 23.7. The maximum absolute atomic E-state index is 13.8. The summed E-state index contributed by atoms with van der Waals surface area (Å²) in [5.41, 5.74) is -0.303. The number of rotatable bonds is 4. The van der Waals surface area contributed by atoms with Gasteiger partial charge in [-0.15, -0.1) is 0 Å². The highest BCUT2D eigenvalue weighted by molar-refractivity contribution is 6.05. The minimum atomic E-state index is -1.77. The van der Waals surface area contributed by atoms with E-state index in [0.29, 0.717) is 11.6 Å². The van der Waals surface area contributed by atoms with Crippen molar-refractivity contribution in [1.29, 1.82) is 0 Å². The molecule has 0 fully saturated rings. The van der Waals surface area contributed by atoms with Crippen molar-refractivity contribution in [2.75, 3.05) is 0 Å². The van der Waals surface area contributed by atoms with Crippen LogP contribution in [0, 0.1) is 17.5 Å². The molecule has 0 saturated carbocycles. The summed E-state index contributed by atoms with van der Waals surface area (Å²) in [5, 5.41) is 17.7. The Morgan fingerprint density at radius 2 is 1.76 bits per heavy atom. The molecule has 1 atom stereocenters. The number of nitrogens with one attached hydrogen (secondary N) is 2. The highest BCUT2D eigenvalue weighted by Crippen LogP contribution is 2.21. The van der Waals surface area contributed by atoms with Gasteiger partial charge in [0.1, 0.15) is 17.5 Å². The Morgan fingerprint density at radius 1 is 1.08 bits per heavy atom. The summed E-state index contributed by atoms with van der Waals surface area (Å²) in [7, 11) is 0. The number of nitrogens with zero attached hydrogens (tertiary/aromatic N) is 1. The third-order valence-electron chi connectivity index (χ3n) is 3.54. The third-order valence-corrected chi connectivity index (χ3v) is 3.54. The summed E-state index contributed by atoms with van der Waals surface area (Å²) in [6.07, 6.45) is 0. The Bertz CT molecular complexity index is 987. The number of H-pyrrole nitrogens is 1. The van der Waals surface area contributed by atoms with Crippen LogP contribution < -0.4 is 5.32 Å². The average Bonchev–Trinajstić information content (AvgIpc) is 2.96. The molecule has 0 radical (unpaired) electrons. The number of carbonyl (C=O) groups excluding carboxylic acids is 1. The Morgan fingerprint density at radius 3 is 2.44 bits per heavy atom. The van der Waals surface area contributed by atoms with E-state index < -0.39 is 40.9 Å². The van der Waals surface area contributed by atoms with Gasteiger partial charge in [0.2, 0.25) is 0 Å². The molecule has 0 spiro atoms. The van der Waals surface area contributed by atoms with E-state index >= 15 is 0 Å². The molecule has 0 aliphatic carbocycles. The zero-order valence-electron chi connectivity index (χ0n) is 12.4. The lowest BCUT2D eigenvalue weighted by Gasteiger charge is -2.15. The van der Waals surface area contributed by atoms with Crippen LogP contribution in [0.15, 0.2) is 36.4 Å². The number of hydrogen-bond donors (Lipinski definition) is 3. The van der Waals surface area contributed by atoms with Gasteiger partial charge in [0.25, 0.3) is 5.91 Å². The number of carboxylic acids is 1. The maximum Gasteiger partial charge on any atom is 0.331 e. The zero-order chi connectivity index (χ0) is 18.1. The molecule has 6 nitrogen and oxygen atoms in total. The van der Waals surface area contributed by atoms with Crippen LogP contribution in [0.1, 0.15) is 22.1 Å². The molecule has 0 aliphatic rings. The molecule has 2 aromatic carbocycles. The molecule has 25 heavy (non-hydrogen) atoms. The quantitative estimate of drug-likeness (QED) is 0.675. The van der Waals surface area contributed by atoms with Gasteiger partial charge in [0.15, 0.2) is 11.7 Å². The normalized spacial score (nSPS) is 12.1. The molecular formula is C16H10F3N3O3. The van der Waals surface area contributed by atoms with Crippen molar-refractivity contribution in [3.05, 3.63) is 65.1 Å².